The molecule has 1 fully saturated rings. The molecule has 1 aliphatic rings. The van der Waals surface area contributed by atoms with Gasteiger partial charge in [0.25, 0.3) is 5.56 Å². The molecule has 0 radical (unpaired) electrons. The maximum Gasteiger partial charge on any atom is 0.252 e. The van der Waals surface area contributed by atoms with Crippen LogP contribution in [0.2, 0.25) is 0 Å². The van der Waals surface area contributed by atoms with Gasteiger partial charge in [-0.3, -0.25) is 9.69 Å². The largest absolute Gasteiger partial charge is 0.467 e. The number of hydrogen-bond acceptors (Lipinski definition) is 6. The predicted molar refractivity (Wildman–Crippen MR) is 135 cm³/mol. The molecule has 1 aromatic carbocycles. The Balaban J connectivity index is 1.52. The summed E-state index contributed by atoms with van der Waals surface area (Å²) in [7, 11) is 0. The number of furan rings is 1. The molecule has 0 saturated heterocycles. The molecular formula is C27H34N6O2. The molecule has 1 unspecified atom stereocenters. The molecule has 0 amide bonds. The highest BCUT2D eigenvalue weighted by Crippen LogP contribution is 2.33. The van der Waals surface area contributed by atoms with Gasteiger partial charge in [-0.15, -0.1) is 5.10 Å². The number of rotatable bonds is 8. The lowest BCUT2D eigenvalue weighted by Gasteiger charge is -2.39. The zero-order valence-electron chi connectivity index (χ0n) is 20.8. The van der Waals surface area contributed by atoms with Crippen LogP contribution in [0.3, 0.4) is 0 Å². The lowest BCUT2D eigenvalue weighted by molar-refractivity contribution is 0.0842. The molecule has 0 aliphatic heterocycles. The Bertz CT molecular complexity index is 1330. The highest BCUT2D eigenvalue weighted by Gasteiger charge is 2.32. The smallest absolute Gasteiger partial charge is 0.252 e. The second kappa shape index (κ2) is 10.2. The molecule has 3 heterocycles. The maximum atomic E-state index is 13.2. The molecule has 1 saturated carbocycles. The molecule has 0 spiro atoms. The third-order valence-corrected chi connectivity index (χ3v) is 7.46. The fraction of sp³-hybridized carbons (Fsp3) is 0.481. The van der Waals surface area contributed by atoms with Gasteiger partial charge in [0, 0.05) is 23.7 Å². The number of nitrogens with one attached hydrogen (secondary N) is 1. The van der Waals surface area contributed by atoms with Crippen molar-refractivity contribution in [1.29, 1.82) is 0 Å². The first kappa shape index (κ1) is 23.5. The monoisotopic (exact) mass is 474 g/mol. The van der Waals surface area contributed by atoms with E-state index in [9.17, 15) is 4.79 Å². The van der Waals surface area contributed by atoms with Crippen LogP contribution in [0.25, 0.3) is 10.9 Å². The predicted octanol–water partition coefficient (Wildman–Crippen LogP) is 5.06. The minimum absolute atomic E-state index is 0.00193. The van der Waals surface area contributed by atoms with Crippen molar-refractivity contribution in [2.24, 2.45) is 0 Å². The Morgan fingerprint density at radius 1 is 1.17 bits per heavy atom. The summed E-state index contributed by atoms with van der Waals surface area (Å²) in [6.45, 7) is 7.40. The van der Waals surface area contributed by atoms with E-state index in [-0.39, 0.29) is 11.6 Å². The van der Waals surface area contributed by atoms with Gasteiger partial charge in [0.1, 0.15) is 12.3 Å². The van der Waals surface area contributed by atoms with Crippen molar-refractivity contribution in [1.82, 2.24) is 30.1 Å². The van der Waals surface area contributed by atoms with Crippen molar-refractivity contribution in [2.45, 2.75) is 84.5 Å². The number of pyridine rings is 1. The van der Waals surface area contributed by atoms with E-state index in [1.54, 1.807) is 6.26 Å². The molecule has 35 heavy (non-hydrogen) atoms. The van der Waals surface area contributed by atoms with Gasteiger partial charge in [-0.05, 0) is 90.4 Å². The van der Waals surface area contributed by atoms with E-state index >= 15 is 0 Å². The van der Waals surface area contributed by atoms with E-state index in [4.69, 9.17) is 4.42 Å². The van der Waals surface area contributed by atoms with Gasteiger partial charge in [0.05, 0.1) is 12.3 Å². The highest BCUT2D eigenvalue weighted by molar-refractivity contribution is 5.80. The molecular weight excluding hydrogens is 440 g/mol. The lowest BCUT2D eigenvalue weighted by Crippen LogP contribution is -2.41. The summed E-state index contributed by atoms with van der Waals surface area (Å²) in [4.78, 5) is 18.8. The summed E-state index contributed by atoms with van der Waals surface area (Å²) in [5.41, 5.74) is 4.06. The molecule has 8 nitrogen and oxygen atoms in total. The van der Waals surface area contributed by atoms with Crippen LogP contribution in [0.4, 0.5) is 0 Å². The van der Waals surface area contributed by atoms with Crippen molar-refractivity contribution in [3.05, 3.63) is 75.2 Å². The third kappa shape index (κ3) is 4.93. The quantitative estimate of drug-likeness (QED) is 0.384. The zero-order valence-corrected chi connectivity index (χ0v) is 20.8. The van der Waals surface area contributed by atoms with Crippen molar-refractivity contribution in [2.75, 3.05) is 0 Å². The third-order valence-electron chi connectivity index (χ3n) is 7.46. The van der Waals surface area contributed by atoms with Crippen LogP contribution in [0.1, 0.15) is 79.8 Å². The Morgan fingerprint density at radius 2 is 1.97 bits per heavy atom. The fourth-order valence-electron chi connectivity index (χ4n) is 5.42. The number of nitrogens with zero attached hydrogens (tertiary/aromatic N) is 5. The molecule has 184 valence electrons. The first-order chi connectivity index (χ1) is 17.0. The van der Waals surface area contributed by atoms with Crippen LogP contribution in [0.15, 0.2) is 45.8 Å². The van der Waals surface area contributed by atoms with Crippen molar-refractivity contribution >= 4 is 10.9 Å². The minimum atomic E-state index is -0.0217. The topological polar surface area (TPSA) is 92.8 Å². The summed E-state index contributed by atoms with van der Waals surface area (Å²) < 4.78 is 7.38. The Labute approximate surface area is 205 Å². The van der Waals surface area contributed by atoms with Crippen molar-refractivity contribution < 1.29 is 4.42 Å². The molecule has 1 atom stereocenters. The number of aromatic amines is 1. The first-order valence-corrected chi connectivity index (χ1v) is 12.7. The van der Waals surface area contributed by atoms with Crippen LogP contribution >= 0.6 is 0 Å². The molecule has 8 heteroatoms. The summed E-state index contributed by atoms with van der Waals surface area (Å²) >= 11 is 0. The second-order valence-electron chi connectivity index (χ2n) is 9.81. The number of benzene rings is 1. The van der Waals surface area contributed by atoms with E-state index in [1.165, 1.54) is 30.4 Å². The average molecular weight is 475 g/mol. The molecule has 0 bridgehead atoms. The van der Waals surface area contributed by atoms with Gasteiger partial charge in [0.2, 0.25) is 0 Å². The Morgan fingerprint density at radius 3 is 2.71 bits per heavy atom. The molecule has 1 aliphatic carbocycles. The average Bonchev–Trinajstić information content (AvgIpc) is 3.54. The van der Waals surface area contributed by atoms with Crippen LogP contribution in [0.5, 0.6) is 0 Å². The van der Waals surface area contributed by atoms with E-state index < -0.39 is 0 Å². The molecule has 1 N–H and O–H groups in total. The number of aryl methyl sites for hydroxylation is 2. The standard InChI is InChI=1S/C27H34N6O2/c1-4-25(26-29-30-31-33(26)17-23-11-8-12-35-23)32(22-9-6-5-7-10-22)16-21-15-20-13-18(2)19(3)14-24(20)28-27(21)34/h8,11-15,22,25H,4-7,9-10,16-17H2,1-3H3,(H,28,34). The fourth-order valence-corrected chi connectivity index (χ4v) is 5.42. The van der Waals surface area contributed by atoms with Gasteiger partial charge < -0.3 is 9.40 Å². The second-order valence-corrected chi connectivity index (χ2v) is 9.81. The van der Waals surface area contributed by atoms with Gasteiger partial charge in [-0.2, -0.15) is 0 Å². The van der Waals surface area contributed by atoms with Crippen LogP contribution < -0.4 is 5.56 Å². The maximum absolute atomic E-state index is 13.2. The van der Waals surface area contributed by atoms with E-state index in [0.717, 1.165) is 47.3 Å². The Kier molecular flexibility index (Phi) is 6.81. The van der Waals surface area contributed by atoms with Crippen molar-refractivity contribution in [3.63, 3.8) is 0 Å². The number of H-pyrrole nitrogens is 1. The zero-order chi connectivity index (χ0) is 24.4. The van der Waals surface area contributed by atoms with E-state index in [1.807, 2.05) is 16.8 Å². The minimum Gasteiger partial charge on any atom is -0.467 e. The summed E-state index contributed by atoms with van der Waals surface area (Å²) in [6, 6.07) is 10.5. The first-order valence-electron chi connectivity index (χ1n) is 12.7. The lowest BCUT2D eigenvalue weighted by atomic mass is 9.92. The van der Waals surface area contributed by atoms with E-state index in [0.29, 0.717) is 19.1 Å². The highest BCUT2D eigenvalue weighted by atomic mass is 16.3. The number of hydrogen-bond donors (Lipinski definition) is 1. The number of fused-ring (bicyclic) bond motifs is 1. The van der Waals surface area contributed by atoms with Gasteiger partial charge >= 0.3 is 0 Å². The summed E-state index contributed by atoms with van der Waals surface area (Å²) in [5.74, 6) is 1.63. The summed E-state index contributed by atoms with van der Waals surface area (Å²) in [5, 5.41) is 13.8. The van der Waals surface area contributed by atoms with Crippen LogP contribution in [0, 0.1) is 13.8 Å². The van der Waals surface area contributed by atoms with Crippen molar-refractivity contribution in [3.8, 4) is 0 Å². The summed E-state index contributed by atoms with van der Waals surface area (Å²) in [6.07, 6.45) is 8.45. The van der Waals surface area contributed by atoms with Crippen LogP contribution in [-0.4, -0.2) is 36.1 Å². The number of tetrazole rings is 1. The van der Waals surface area contributed by atoms with Gasteiger partial charge in [-0.1, -0.05) is 26.2 Å². The van der Waals surface area contributed by atoms with Gasteiger partial charge in [0.15, 0.2) is 5.82 Å². The number of aromatic nitrogens is 5. The Hall–Kier alpha value is -3.26. The normalized spacial score (nSPS) is 15.8. The molecule has 4 aromatic rings. The van der Waals surface area contributed by atoms with Crippen LogP contribution in [-0.2, 0) is 13.1 Å². The molecule has 5 rings (SSSR count). The van der Waals surface area contributed by atoms with Gasteiger partial charge in [-0.25, -0.2) is 4.68 Å². The SMILES string of the molecule is CCC(c1nnnn1Cc1ccco1)N(Cc1cc2cc(C)c(C)cc2[nH]c1=O)C1CCCCC1. The van der Waals surface area contributed by atoms with E-state index in [2.05, 4.69) is 64.4 Å². The molecule has 3 aromatic heterocycles.